The quantitative estimate of drug-likeness (QED) is 0.752. The molecule has 0 saturated carbocycles. The zero-order chi connectivity index (χ0) is 12.1. The number of nitrogens with one attached hydrogen (secondary N) is 1. The monoisotopic (exact) mass is 242 g/mol. The van der Waals surface area contributed by atoms with Crippen molar-refractivity contribution in [2.45, 2.75) is 31.8 Å². The van der Waals surface area contributed by atoms with Crippen LogP contribution in [0, 0.1) is 5.41 Å². The number of likely N-dealkylation sites (tertiary alicyclic amines) is 1. The van der Waals surface area contributed by atoms with E-state index < -0.39 is 0 Å². The first-order valence-corrected chi connectivity index (χ1v) is 6.87. The van der Waals surface area contributed by atoms with Crippen molar-refractivity contribution in [3.05, 3.63) is 0 Å². The minimum atomic E-state index is -0.125. The molecular formula is C13H26N2O2. The van der Waals surface area contributed by atoms with E-state index in [-0.39, 0.29) is 11.5 Å². The van der Waals surface area contributed by atoms with Gasteiger partial charge in [0.25, 0.3) is 0 Å². The fraction of sp³-hybridized carbons (Fsp3) is 1.00. The van der Waals surface area contributed by atoms with Gasteiger partial charge in [0.2, 0.25) is 0 Å². The van der Waals surface area contributed by atoms with Crippen LogP contribution >= 0.6 is 0 Å². The molecule has 17 heavy (non-hydrogen) atoms. The Hall–Kier alpha value is -0.160. The van der Waals surface area contributed by atoms with Crippen LogP contribution in [0.25, 0.3) is 0 Å². The van der Waals surface area contributed by atoms with Crippen molar-refractivity contribution in [1.82, 2.24) is 10.2 Å². The van der Waals surface area contributed by atoms with Crippen LogP contribution in [0.2, 0.25) is 0 Å². The highest BCUT2D eigenvalue weighted by Crippen LogP contribution is 2.30. The van der Waals surface area contributed by atoms with E-state index in [1.54, 1.807) is 0 Å². The first-order chi connectivity index (χ1) is 8.24. The molecule has 2 fully saturated rings. The van der Waals surface area contributed by atoms with Gasteiger partial charge in [-0.25, -0.2) is 0 Å². The van der Waals surface area contributed by atoms with Gasteiger partial charge in [0.05, 0.1) is 12.7 Å². The summed E-state index contributed by atoms with van der Waals surface area (Å²) in [5, 5.41) is 13.0. The van der Waals surface area contributed by atoms with E-state index in [0.29, 0.717) is 0 Å². The molecule has 0 radical (unpaired) electrons. The summed E-state index contributed by atoms with van der Waals surface area (Å²) in [5.74, 6) is 0. The third kappa shape index (κ3) is 3.65. The van der Waals surface area contributed by atoms with Gasteiger partial charge in [-0.3, -0.25) is 0 Å². The number of ether oxygens (including phenoxy) is 1. The molecule has 2 aliphatic heterocycles. The van der Waals surface area contributed by atoms with Gasteiger partial charge in [0.1, 0.15) is 0 Å². The number of hydrogen-bond donors (Lipinski definition) is 2. The van der Waals surface area contributed by atoms with Crippen molar-refractivity contribution >= 4 is 0 Å². The second-order valence-electron chi connectivity index (χ2n) is 5.72. The van der Waals surface area contributed by atoms with Crippen LogP contribution in [0.5, 0.6) is 0 Å². The molecule has 0 aliphatic carbocycles. The largest absolute Gasteiger partial charge is 0.392 e. The molecule has 0 spiro atoms. The number of nitrogens with zero attached hydrogens (tertiary/aromatic N) is 1. The molecule has 2 saturated heterocycles. The number of aliphatic hydroxyl groups is 1. The molecule has 0 aromatic rings. The lowest BCUT2D eigenvalue weighted by molar-refractivity contribution is -0.0380. The van der Waals surface area contributed by atoms with E-state index in [4.69, 9.17) is 4.74 Å². The Morgan fingerprint density at radius 2 is 2.35 bits per heavy atom. The number of piperidine rings is 1. The van der Waals surface area contributed by atoms with E-state index in [1.807, 2.05) is 7.05 Å². The first-order valence-electron chi connectivity index (χ1n) is 6.87. The lowest BCUT2D eigenvalue weighted by Gasteiger charge is -2.42. The second kappa shape index (κ2) is 6.14. The Bertz CT molecular complexity index is 224. The topological polar surface area (TPSA) is 44.7 Å². The minimum absolute atomic E-state index is 0.125. The summed E-state index contributed by atoms with van der Waals surface area (Å²) in [6.45, 7) is 5.81. The van der Waals surface area contributed by atoms with Gasteiger partial charge < -0.3 is 20.1 Å². The first kappa shape index (κ1) is 13.3. The summed E-state index contributed by atoms with van der Waals surface area (Å²) < 4.78 is 5.68. The zero-order valence-corrected chi connectivity index (χ0v) is 11.0. The Labute approximate surface area is 104 Å². The lowest BCUT2D eigenvalue weighted by atomic mass is 9.81. The molecule has 0 amide bonds. The van der Waals surface area contributed by atoms with Gasteiger partial charge >= 0.3 is 0 Å². The van der Waals surface area contributed by atoms with E-state index in [9.17, 15) is 5.11 Å². The van der Waals surface area contributed by atoms with Gasteiger partial charge in [0, 0.05) is 31.7 Å². The van der Waals surface area contributed by atoms with Gasteiger partial charge in [-0.15, -0.1) is 0 Å². The molecule has 2 rings (SSSR count). The molecule has 4 heteroatoms. The van der Waals surface area contributed by atoms with Crippen LogP contribution in [0.15, 0.2) is 0 Å². The van der Waals surface area contributed by atoms with E-state index >= 15 is 0 Å². The number of β-amino-alcohol motifs (C(OH)–C–C–N with tert-alkyl or cyclic N) is 1. The maximum atomic E-state index is 9.73. The summed E-state index contributed by atoms with van der Waals surface area (Å²) in [7, 11) is 2.02. The zero-order valence-electron chi connectivity index (χ0n) is 11.0. The molecule has 4 nitrogen and oxygen atoms in total. The molecule has 2 unspecified atom stereocenters. The standard InChI is InChI=1S/C13H26N2O2/c1-14-9-13(5-3-7-17-11-13)10-15-6-2-4-12(16)8-15/h12,14,16H,2-11H2,1H3. The van der Waals surface area contributed by atoms with Crippen LogP contribution in [0.4, 0.5) is 0 Å². The summed E-state index contributed by atoms with van der Waals surface area (Å²) in [4.78, 5) is 2.42. The number of rotatable bonds is 4. The van der Waals surface area contributed by atoms with Crippen molar-refractivity contribution < 1.29 is 9.84 Å². The average molecular weight is 242 g/mol. The van der Waals surface area contributed by atoms with Gasteiger partial charge in [-0.05, 0) is 39.3 Å². The highest BCUT2D eigenvalue weighted by atomic mass is 16.5. The Balaban J connectivity index is 1.91. The van der Waals surface area contributed by atoms with E-state index in [0.717, 1.165) is 58.7 Å². The highest BCUT2D eigenvalue weighted by Gasteiger charge is 2.35. The molecule has 2 heterocycles. The normalized spacial score (nSPS) is 36.0. The number of aliphatic hydroxyl groups excluding tert-OH is 1. The molecule has 100 valence electrons. The maximum Gasteiger partial charge on any atom is 0.0667 e. The van der Waals surface area contributed by atoms with E-state index in [2.05, 4.69) is 10.2 Å². The van der Waals surface area contributed by atoms with Gasteiger partial charge in [-0.1, -0.05) is 0 Å². The van der Waals surface area contributed by atoms with Gasteiger partial charge in [-0.2, -0.15) is 0 Å². The lowest BCUT2D eigenvalue weighted by Crippen LogP contribution is -2.51. The van der Waals surface area contributed by atoms with Crippen LogP contribution in [-0.2, 0) is 4.74 Å². The minimum Gasteiger partial charge on any atom is -0.392 e. The predicted molar refractivity (Wildman–Crippen MR) is 68.1 cm³/mol. The molecule has 2 atom stereocenters. The number of hydrogen-bond acceptors (Lipinski definition) is 4. The third-order valence-corrected chi connectivity index (χ3v) is 4.00. The SMILES string of the molecule is CNCC1(CN2CCCC(O)C2)CCCOC1. The third-order valence-electron chi connectivity index (χ3n) is 4.00. The smallest absolute Gasteiger partial charge is 0.0667 e. The molecule has 2 N–H and O–H groups in total. The van der Waals surface area contributed by atoms with Crippen molar-refractivity contribution in [3.63, 3.8) is 0 Å². The Morgan fingerprint density at radius 3 is 3.00 bits per heavy atom. The van der Waals surface area contributed by atoms with Gasteiger partial charge in [0.15, 0.2) is 0 Å². The summed E-state index contributed by atoms with van der Waals surface area (Å²) >= 11 is 0. The maximum absolute atomic E-state index is 9.73. The van der Waals surface area contributed by atoms with Crippen LogP contribution in [0.3, 0.4) is 0 Å². The Kier molecular flexibility index (Phi) is 4.79. The van der Waals surface area contributed by atoms with E-state index in [1.165, 1.54) is 6.42 Å². The average Bonchev–Trinajstić information content (AvgIpc) is 2.30. The van der Waals surface area contributed by atoms with Crippen molar-refractivity contribution in [2.75, 3.05) is 46.4 Å². The highest BCUT2D eigenvalue weighted by molar-refractivity contribution is 4.88. The fourth-order valence-electron chi connectivity index (χ4n) is 3.25. The fourth-order valence-corrected chi connectivity index (χ4v) is 3.25. The summed E-state index contributed by atoms with van der Waals surface area (Å²) in [6, 6.07) is 0. The molecular weight excluding hydrogens is 216 g/mol. The molecule has 0 bridgehead atoms. The van der Waals surface area contributed by atoms with Crippen molar-refractivity contribution in [1.29, 1.82) is 0 Å². The van der Waals surface area contributed by atoms with Crippen molar-refractivity contribution in [3.8, 4) is 0 Å². The van der Waals surface area contributed by atoms with Crippen LogP contribution in [-0.4, -0.2) is 62.6 Å². The van der Waals surface area contributed by atoms with Crippen LogP contribution < -0.4 is 5.32 Å². The predicted octanol–water partition coefficient (Wildman–Crippen LogP) is 0.459. The molecule has 0 aromatic carbocycles. The Morgan fingerprint density at radius 1 is 1.47 bits per heavy atom. The second-order valence-corrected chi connectivity index (χ2v) is 5.72. The summed E-state index contributed by atoms with van der Waals surface area (Å²) in [5.41, 5.74) is 0.254. The molecule has 0 aromatic heterocycles. The summed E-state index contributed by atoms with van der Waals surface area (Å²) in [6.07, 6.45) is 4.36. The van der Waals surface area contributed by atoms with Crippen LogP contribution in [0.1, 0.15) is 25.7 Å². The van der Waals surface area contributed by atoms with Crippen molar-refractivity contribution in [2.24, 2.45) is 5.41 Å². The molecule has 2 aliphatic rings.